The molecule has 1 rings (SSSR count). The number of rotatable bonds is 3. The van der Waals surface area contributed by atoms with Gasteiger partial charge in [0.1, 0.15) is 6.26 Å². The van der Waals surface area contributed by atoms with Gasteiger partial charge in [-0.15, -0.1) is 0 Å². The fourth-order valence-corrected chi connectivity index (χ4v) is 1.57. The molecule has 0 heterocycles. The van der Waals surface area contributed by atoms with Crippen molar-refractivity contribution in [2.45, 2.75) is 45.1 Å². The SMILES string of the molecule is CC(=O)O/C=C\NC1CCCCC1. The summed E-state index contributed by atoms with van der Waals surface area (Å²) in [6, 6.07) is 0.570. The van der Waals surface area contributed by atoms with Crippen molar-refractivity contribution in [3.8, 4) is 0 Å². The van der Waals surface area contributed by atoms with Crippen molar-refractivity contribution < 1.29 is 9.53 Å². The molecule has 1 saturated carbocycles. The first-order valence-electron chi connectivity index (χ1n) is 4.87. The van der Waals surface area contributed by atoms with E-state index < -0.39 is 0 Å². The van der Waals surface area contributed by atoms with Gasteiger partial charge in [-0.25, -0.2) is 0 Å². The Labute approximate surface area is 79.2 Å². The lowest BCUT2D eigenvalue weighted by atomic mass is 9.96. The zero-order valence-corrected chi connectivity index (χ0v) is 8.08. The Hall–Kier alpha value is -0.990. The monoisotopic (exact) mass is 183 g/mol. The third-order valence-corrected chi connectivity index (χ3v) is 2.24. The van der Waals surface area contributed by atoms with Crippen molar-refractivity contribution in [2.24, 2.45) is 0 Å². The van der Waals surface area contributed by atoms with Gasteiger partial charge in [-0.3, -0.25) is 4.79 Å². The molecule has 0 aromatic heterocycles. The number of nitrogens with one attached hydrogen (secondary N) is 1. The Morgan fingerprint density at radius 3 is 2.69 bits per heavy atom. The summed E-state index contributed by atoms with van der Waals surface area (Å²) in [4.78, 5) is 10.4. The quantitative estimate of drug-likeness (QED) is 0.537. The van der Waals surface area contributed by atoms with E-state index in [4.69, 9.17) is 0 Å². The molecule has 0 aliphatic heterocycles. The van der Waals surface area contributed by atoms with E-state index in [1.54, 1.807) is 6.20 Å². The van der Waals surface area contributed by atoms with E-state index in [-0.39, 0.29) is 5.97 Å². The van der Waals surface area contributed by atoms with Gasteiger partial charge in [-0.2, -0.15) is 0 Å². The van der Waals surface area contributed by atoms with Gasteiger partial charge in [0.2, 0.25) is 0 Å². The number of carbonyl (C=O) groups excluding carboxylic acids is 1. The van der Waals surface area contributed by atoms with Crippen LogP contribution < -0.4 is 5.32 Å². The van der Waals surface area contributed by atoms with Gasteiger partial charge in [0.25, 0.3) is 0 Å². The normalized spacial score (nSPS) is 18.8. The van der Waals surface area contributed by atoms with E-state index >= 15 is 0 Å². The second-order valence-corrected chi connectivity index (χ2v) is 3.41. The van der Waals surface area contributed by atoms with E-state index in [2.05, 4.69) is 10.1 Å². The average molecular weight is 183 g/mol. The molecular weight excluding hydrogens is 166 g/mol. The molecule has 0 unspecified atom stereocenters. The number of ether oxygens (including phenoxy) is 1. The van der Waals surface area contributed by atoms with Crippen LogP contribution in [0, 0.1) is 0 Å². The van der Waals surface area contributed by atoms with Crippen molar-refractivity contribution in [2.75, 3.05) is 0 Å². The Kier molecular flexibility index (Phi) is 4.36. The molecule has 3 heteroatoms. The highest BCUT2D eigenvalue weighted by molar-refractivity contribution is 5.66. The molecule has 13 heavy (non-hydrogen) atoms. The van der Waals surface area contributed by atoms with E-state index in [1.807, 2.05) is 0 Å². The largest absolute Gasteiger partial charge is 0.433 e. The first kappa shape index (κ1) is 10.1. The minimum atomic E-state index is -0.276. The summed E-state index contributed by atoms with van der Waals surface area (Å²) in [6.07, 6.45) is 9.55. The Morgan fingerprint density at radius 1 is 1.38 bits per heavy atom. The molecule has 1 N–H and O–H groups in total. The van der Waals surface area contributed by atoms with Gasteiger partial charge in [-0.1, -0.05) is 19.3 Å². The smallest absolute Gasteiger partial charge is 0.307 e. The van der Waals surface area contributed by atoms with Gasteiger partial charge >= 0.3 is 5.97 Å². The van der Waals surface area contributed by atoms with Crippen LogP contribution in [-0.4, -0.2) is 12.0 Å². The second kappa shape index (κ2) is 5.62. The summed E-state index contributed by atoms with van der Waals surface area (Å²) in [7, 11) is 0. The lowest BCUT2D eigenvalue weighted by Crippen LogP contribution is -2.26. The number of carbonyl (C=O) groups is 1. The zero-order chi connectivity index (χ0) is 9.52. The summed E-state index contributed by atoms with van der Waals surface area (Å²) in [5.41, 5.74) is 0. The van der Waals surface area contributed by atoms with Crippen LogP contribution in [-0.2, 0) is 9.53 Å². The molecule has 1 fully saturated rings. The minimum absolute atomic E-state index is 0.276. The van der Waals surface area contributed by atoms with Crippen molar-refractivity contribution >= 4 is 5.97 Å². The lowest BCUT2D eigenvalue weighted by molar-refractivity contribution is -0.135. The highest BCUT2D eigenvalue weighted by Crippen LogP contribution is 2.17. The van der Waals surface area contributed by atoms with E-state index in [0.717, 1.165) is 0 Å². The van der Waals surface area contributed by atoms with E-state index in [9.17, 15) is 4.79 Å². The zero-order valence-electron chi connectivity index (χ0n) is 8.08. The highest BCUT2D eigenvalue weighted by atomic mass is 16.5. The predicted molar refractivity (Wildman–Crippen MR) is 50.9 cm³/mol. The molecule has 0 spiro atoms. The maximum atomic E-state index is 10.4. The summed E-state index contributed by atoms with van der Waals surface area (Å²) in [6.45, 7) is 1.39. The van der Waals surface area contributed by atoms with Crippen LogP contribution in [0.2, 0.25) is 0 Å². The summed E-state index contributed by atoms with van der Waals surface area (Å²) in [5.74, 6) is -0.276. The Morgan fingerprint density at radius 2 is 2.08 bits per heavy atom. The molecule has 0 atom stereocenters. The molecule has 0 bridgehead atoms. The molecule has 1 aliphatic carbocycles. The van der Waals surface area contributed by atoms with E-state index in [1.165, 1.54) is 45.3 Å². The molecule has 74 valence electrons. The van der Waals surface area contributed by atoms with Gasteiger partial charge in [0.15, 0.2) is 0 Å². The third kappa shape index (κ3) is 4.55. The molecule has 1 aliphatic rings. The molecule has 0 radical (unpaired) electrons. The van der Waals surface area contributed by atoms with Crippen LogP contribution in [0.15, 0.2) is 12.5 Å². The fraction of sp³-hybridized carbons (Fsp3) is 0.700. The average Bonchev–Trinajstić information content (AvgIpc) is 2.14. The van der Waals surface area contributed by atoms with Crippen molar-refractivity contribution in [1.29, 1.82) is 0 Å². The van der Waals surface area contributed by atoms with Crippen LogP contribution in [0.5, 0.6) is 0 Å². The molecule has 0 aromatic rings. The Balaban J connectivity index is 2.09. The molecule has 0 saturated heterocycles. The van der Waals surface area contributed by atoms with E-state index in [0.29, 0.717) is 6.04 Å². The fourth-order valence-electron chi connectivity index (χ4n) is 1.57. The maximum absolute atomic E-state index is 10.4. The van der Waals surface area contributed by atoms with Gasteiger partial charge in [0, 0.05) is 19.2 Å². The topological polar surface area (TPSA) is 38.3 Å². The number of esters is 1. The van der Waals surface area contributed by atoms with Crippen molar-refractivity contribution in [3.05, 3.63) is 12.5 Å². The second-order valence-electron chi connectivity index (χ2n) is 3.41. The molecular formula is C10H17NO2. The Bertz CT molecular complexity index is 183. The first-order chi connectivity index (χ1) is 6.29. The predicted octanol–water partition coefficient (Wildman–Crippen LogP) is 1.94. The van der Waals surface area contributed by atoms with Gasteiger partial charge in [-0.05, 0) is 12.8 Å². The van der Waals surface area contributed by atoms with Crippen LogP contribution in [0.25, 0.3) is 0 Å². The summed E-state index contributed by atoms with van der Waals surface area (Å²) >= 11 is 0. The molecule has 3 nitrogen and oxygen atoms in total. The van der Waals surface area contributed by atoms with Crippen LogP contribution in [0.1, 0.15) is 39.0 Å². The minimum Gasteiger partial charge on any atom is -0.433 e. The third-order valence-electron chi connectivity index (χ3n) is 2.24. The summed E-state index contributed by atoms with van der Waals surface area (Å²) < 4.78 is 4.65. The van der Waals surface area contributed by atoms with Crippen molar-refractivity contribution in [1.82, 2.24) is 5.32 Å². The molecule has 0 amide bonds. The standard InChI is InChI=1S/C10H17NO2/c1-9(12)13-8-7-11-10-5-3-2-4-6-10/h7-8,10-11H,2-6H2,1H3/b8-7-. The maximum Gasteiger partial charge on any atom is 0.307 e. The summed E-state index contributed by atoms with van der Waals surface area (Å²) in [5, 5.41) is 3.22. The van der Waals surface area contributed by atoms with Gasteiger partial charge < -0.3 is 10.1 Å². The number of hydrogen-bond acceptors (Lipinski definition) is 3. The van der Waals surface area contributed by atoms with Gasteiger partial charge in [0.05, 0.1) is 0 Å². The first-order valence-corrected chi connectivity index (χ1v) is 4.87. The van der Waals surface area contributed by atoms with Crippen LogP contribution in [0.3, 0.4) is 0 Å². The lowest BCUT2D eigenvalue weighted by Gasteiger charge is -2.21. The molecule has 0 aromatic carbocycles. The van der Waals surface area contributed by atoms with Crippen LogP contribution >= 0.6 is 0 Å². The number of hydrogen-bond donors (Lipinski definition) is 1. The highest BCUT2D eigenvalue weighted by Gasteiger charge is 2.10. The van der Waals surface area contributed by atoms with Crippen molar-refractivity contribution in [3.63, 3.8) is 0 Å². The van der Waals surface area contributed by atoms with Crippen LogP contribution in [0.4, 0.5) is 0 Å².